The minimum Gasteiger partial charge on any atom is -0.496 e. The van der Waals surface area contributed by atoms with Gasteiger partial charge in [0.15, 0.2) is 5.69 Å². The van der Waals surface area contributed by atoms with Crippen molar-refractivity contribution in [2.75, 3.05) is 20.8 Å². The molecule has 36 heavy (non-hydrogen) atoms. The number of nitrogens with one attached hydrogen (secondary N) is 2. The maximum atomic E-state index is 13.5. The van der Waals surface area contributed by atoms with E-state index in [2.05, 4.69) is 36.5 Å². The number of hydrogen-bond donors (Lipinski definition) is 2. The van der Waals surface area contributed by atoms with E-state index in [4.69, 9.17) is 9.47 Å². The molecule has 1 aromatic carbocycles. The quantitative estimate of drug-likeness (QED) is 0.409. The van der Waals surface area contributed by atoms with Gasteiger partial charge >= 0.3 is 0 Å². The number of amides is 2. The first-order valence-electron chi connectivity index (χ1n) is 13.3. The second kappa shape index (κ2) is 13.3. The van der Waals surface area contributed by atoms with Crippen molar-refractivity contribution in [2.24, 2.45) is 11.8 Å². The van der Waals surface area contributed by atoms with Gasteiger partial charge in [0.05, 0.1) is 25.5 Å². The van der Waals surface area contributed by atoms with Crippen LogP contribution in [-0.2, 0) is 11.3 Å². The zero-order chi connectivity index (χ0) is 26.1. The largest absolute Gasteiger partial charge is 0.496 e. The third-order valence-corrected chi connectivity index (χ3v) is 6.75. The van der Waals surface area contributed by atoms with Gasteiger partial charge in [0, 0.05) is 13.1 Å². The molecule has 1 aliphatic carbocycles. The number of hydrogen-bond acceptors (Lipinski definition) is 5. The molecule has 2 N–H and O–H groups in total. The highest BCUT2D eigenvalue weighted by Gasteiger charge is 2.32. The van der Waals surface area contributed by atoms with Gasteiger partial charge in [0.2, 0.25) is 5.91 Å². The van der Waals surface area contributed by atoms with Crippen molar-refractivity contribution in [1.82, 2.24) is 20.4 Å². The fourth-order valence-corrected chi connectivity index (χ4v) is 4.90. The number of carbonyl (C=O) groups excluding carboxylic acids is 2. The summed E-state index contributed by atoms with van der Waals surface area (Å²) in [6.45, 7) is 7.53. The Morgan fingerprint density at radius 2 is 1.78 bits per heavy atom. The van der Waals surface area contributed by atoms with Crippen LogP contribution in [0.5, 0.6) is 11.5 Å². The van der Waals surface area contributed by atoms with Crippen LogP contribution in [0.4, 0.5) is 0 Å². The van der Waals surface area contributed by atoms with Crippen molar-refractivity contribution in [3.8, 4) is 22.8 Å². The van der Waals surface area contributed by atoms with Crippen LogP contribution in [0, 0.1) is 11.8 Å². The van der Waals surface area contributed by atoms with Crippen molar-refractivity contribution in [1.29, 1.82) is 0 Å². The molecule has 1 heterocycles. The van der Waals surface area contributed by atoms with E-state index in [0.717, 1.165) is 49.8 Å². The zero-order valence-corrected chi connectivity index (χ0v) is 22.4. The van der Waals surface area contributed by atoms with E-state index in [1.54, 1.807) is 20.3 Å². The number of rotatable bonds is 12. The van der Waals surface area contributed by atoms with E-state index in [-0.39, 0.29) is 23.4 Å². The first-order valence-corrected chi connectivity index (χ1v) is 13.3. The first-order chi connectivity index (χ1) is 17.4. The lowest BCUT2D eigenvalue weighted by Gasteiger charge is -2.29. The zero-order valence-electron chi connectivity index (χ0n) is 22.4. The van der Waals surface area contributed by atoms with Crippen molar-refractivity contribution in [3.63, 3.8) is 0 Å². The van der Waals surface area contributed by atoms with Gasteiger partial charge < -0.3 is 20.1 Å². The van der Waals surface area contributed by atoms with E-state index in [9.17, 15) is 9.59 Å². The van der Waals surface area contributed by atoms with Gasteiger partial charge in [-0.1, -0.05) is 52.5 Å². The molecule has 8 heteroatoms. The predicted molar refractivity (Wildman–Crippen MR) is 141 cm³/mol. The standard InChI is InChI=1S/C28H42N4O4/c1-6-7-16-29-28(34)26(20-12-9-8-10-13-20)30-27(33)21-17-22(32(31-21)18-19(2)3)25-23(35-4)14-11-15-24(25)36-5/h11,14-15,17,19-20,26H,6-10,12-13,16,18H2,1-5H3,(H,29,34)(H,30,33). The second-order valence-corrected chi connectivity index (χ2v) is 10.0. The van der Waals surface area contributed by atoms with E-state index in [1.165, 1.54) is 6.42 Å². The predicted octanol–water partition coefficient (Wildman–Crippen LogP) is 4.82. The molecule has 8 nitrogen and oxygen atoms in total. The number of aromatic nitrogens is 2. The van der Waals surface area contributed by atoms with Crippen LogP contribution in [0.25, 0.3) is 11.3 Å². The van der Waals surface area contributed by atoms with E-state index >= 15 is 0 Å². The molecule has 1 unspecified atom stereocenters. The smallest absolute Gasteiger partial charge is 0.272 e. The SMILES string of the molecule is CCCCNC(=O)C(NC(=O)c1cc(-c2c(OC)cccc2OC)n(CC(C)C)n1)C1CCCCC1. The Labute approximate surface area is 215 Å². The van der Waals surface area contributed by atoms with E-state index in [0.29, 0.717) is 30.5 Å². The monoisotopic (exact) mass is 498 g/mol. The summed E-state index contributed by atoms with van der Waals surface area (Å²) in [6.07, 6.45) is 7.15. The molecule has 3 rings (SSSR count). The van der Waals surface area contributed by atoms with Crippen LogP contribution in [0.3, 0.4) is 0 Å². The van der Waals surface area contributed by atoms with Crippen LogP contribution >= 0.6 is 0 Å². The molecular formula is C28H42N4O4. The summed E-state index contributed by atoms with van der Waals surface area (Å²) in [5.41, 5.74) is 1.77. The number of methoxy groups -OCH3 is 2. The van der Waals surface area contributed by atoms with Crippen LogP contribution in [0.15, 0.2) is 24.3 Å². The fraction of sp³-hybridized carbons (Fsp3) is 0.607. The molecule has 2 amide bonds. The average Bonchev–Trinajstić information content (AvgIpc) is 3.29. The number of ether oxygens (including phenoxy) is 2. The van der Waals surface area contributed by atoms with Gasteiger partial charge in [0.25, 0.3) is 5.91 Å². The summed E-state index contributed by atoms with van der Waals surface area (Å²) in [5, 5.41) is 10.7. The Hall–Kier alpha value is -3.03. The minimum absolute atomic E-state index is 0.100. The third-order valence-electron chi connectivity index (χ3n) is 6.75. The van der Waals surface area contributed by atoms with Crippen molar-refractivity contribution >= 4 is 11.8 Å². The topological polar surface area (TPSA) is 94.5 Å². The Bertz CT molecular complexity index is 989. The summed E-state index contributed by atoms with van der Waals surface area (Å²) < 4.78 is 13.1. The second-order valence-electron chi connectivity index (χ2n) is 10.0. The van der Waals surface area contributed by atoms with E-state index < -0.39 is 6.04 Å². The summed E-state index contributed by atoms with van der Waals surface area (Å²) in [5.74, 6) is 1.28. The molecule has 198 valence electrons. The van der Waals surface area contributed by atoms with Crippen LogP contribution in [-0.4, -0.2) is 48.4 Å². The lowest BCUT2D eigenvalue weighted by atomic mass is 9.83. The molecule has 2 aromatic rings. The molecular weight excluding hydrogens is 456 g/mol. The highest BCUT2D eigenvalue weighted by Crippen LogP contribution is 2.39. The van der Waals surface area contributed by atoms with Crippen molar-refractivity contribution < 1.29 is 19.1 Å². The summed E-state index contributed by atoms with van der Waals surface area (Å²) >= 11 is 0. The fourth-order valence-electron chi connectivity index (χ4n) is 4.90. The van der Waals surface area contributed by atoms with Crippen LogP contribution in [0.1, 0.15) is 76.2 Å². The molecule has 1 fully saturated rings. The molecule has 0 bridgehead atoms. The number of nitrogens with zero attached hydrogens (tertiary/aromatic N) is 2. The van der Waals surface area contributed by atoms with Crippen LogP contribution in [0.2, 0.25) is 0 Å². The number of benzene rings is 1. The summed E-state index contributed by atoms with van der Waals surface area (Å²) in [7, 11) is 3.22. The molecule has 0 aliphatic heterocycles. The lowest BCUT2D eigenvalue weighted by Crippen LogP contribution is -2.51. The van der Waals surface area contributed by atoms with Crippen molar-refractivity contribution in [3.05, 3.63) is 30.0 Å². The first kappa shape index (κ1) is 27.6. The van der Waals surface area contributed by atoms with E-state index in [1.807, 2.05) is 22.9 Å². The highest BCUT2D eigenvalue weighted by molar-refractivity contribution is 5.97. The summed E-state index contributed by atoms with van der Waals surface area (Å²) in [6, 6.07) is 6.80. The van der Waals surface area contributed by atoms with Gasteiger partial charge in [0.1, 0.15) is 17.5 Å². The molecule has 0 spiro atoms. The molecule has 1 atom stereocenters. The van der Waals surface area contributed by atoms with Gasteiger partial charge in [-0.3, -0.25) is 14.3 Å². The maximum Gasteiger partial charge on any atom is 0.272 e. The van der Waals surface area contributed by atoms with Crippen LogP contribution < -0.4 is 20.1 Å². The molecule has 1 aromatic heterocycles. The molecule has 0 saturated heterocycles. The van der Waals surface area contributed by atoms with Gasteiger partial charge in [-0.05, 0) is 49.3 Å². The van der Waals surface area contributed by atoms with Gasteiger partial charge in [-0.2, -0.15) is 5.10 Å². The molecule has 0 radical (unpaired) electrons. The highest BCUT2D eigenvalue weighted by atomic mass is 16.5. The Kier molecular flexibility index (Phi) is 10.2. The molecule has 1 saturated carbocycles. The maximum absolute atomic E-state index is 13.5. The Balaban J connectivity index is 1.93. The van der Waals surface area contributed by atoms with Crippen molar-refractivity contribution in [2.45, 2.75) is 78.3 Å². The number of carbonyl (C=O) groups is 2. The lowest BCUT2D eigenvalue weighted by molar-refractivity contribution is -0.124. The third kappa shape index (κ3) is 6.80. The summed E-state index contributed by atoms with van der Waals surface area (Å²) in [4.78, 5) is 26.6. The number of unbranched alkanes of at least 4 members (excludes halogenated alkanes) is 1. The molecule has 1 aliphatic rings. The Morgan fingerprint density at radius 3 is 2.36 bits per heavy atom. The van der Waals surface area contributed by atoms with Gasteiger partial charge in [-0.25, -0.2) is 0 Å². The minimum atomic E-state index is -0.561. The Morgan fingerprint density at radius 1 is 1.11 bits per heavy atom. The van der Waals surface area contributed by atoms with Gasteiger partial charge in [-0.15, -0.1) is 0 Å². The average molecular weight is 499 g/mol. The normalized spacial score (nSPS) is 14.9.